The molecule has 1 atom stereocenters. The second kappa shape index (κ2) is 17.2. The van der Waals surface area contributed by atoms with Gasteiger partial charge in [-0.1, -0.05) is 12.1 Å². The third kappa shape index (κ3) is 10.4. The van der Waals surface area contributed by atoms with E-state index in [9.17, 15) is 19.2 Å². The molecule has 1 unspecified atom stereocenters. The topological polar surface area (TPSA) is 187 Å². The normalized spacial score (nSPS) is 16.2. The van der Waals surface area contributed by atoms with Gasteiger partial charge in [0.25, 0.3) is 0 Å². The van der Waals surface area contributed by atoms with Gasteiger partial charge < -0.3 is 30.2 Å². The highest BCUT2D eigenvalue weighted by Gasteiger charge is 2.30. The van der Waals surface area contributed by atoms with Crippen LogP contribution in [0.4, 0.5) is 10.5 Å². The van der Waals surface area contributed by atoms with E-state index < -0.39 is 23.7 Å². The Morgan fingerprint density at radius 2 is 1.66 bits per heavy atom. The Kier molecular flexibility index (Phi) is 12.4. The molecule has 1 aliphatic rings. The van der Waals surface area contributed by atoms with E-state index >= 15 is 0 Å². The molecule has 280 valence electrons. The van der Waals surface area contributed by atoms with Gasteiger partial charge >= 0.3 is 12.1 Å². The largest absolute Gasteiger partial charge is 0.496 e. The lowest BCUT2D eigenvalue weighted by atomic mass is 9.81. The van der Waals surface area contributed by atoms with Gasteiger partial charge in [-0.25, -0.2) is 9.59 Å². The number of aromatic nitrogens is 4. The Bertz CT molecular complexity index is 1900. The van der Waals surface area contributed by atoms with Crippen LogP contribution in [0.15, 0.2) is 60.7 Å². The summed E-state index contributed by atoms with van der Waals surface area (Å²) in [6.07, 6.45) is 2.52. The van der Waals surface area contributed by atoms with Gasteiger partial charge in [-0.05, 0) is 130 Å². The second-order valence-electron chi connectivity index (χ2n) is 14.2. The number of anilines is 1. The number of benzene rings is 3. The molecule has 14 nitrogen and oxygen atoms in total. The number of alkyl carbamates (subject to hydrolysis) is 1. The van der Waals surface area contributed by atoms with Crippen molar-refractivity contribution in [1.29, 1.82) is 0 Å². The minimum Gasteiger partial charge on any atom is -0.496 e. The van der Waals surface area contributed by atoms with Gasteiger partial charge in [-0.3, -0.25) is 9.59 Å². The van der Waals surface area contributed by atoms with Crippen molar-refractivity contribution < 1.29 is 33.4 Å². The summed E-state index contributed by atoms with van der Waals surface area (Å²) in [5, 5.41) is 22.8. The number of ether oxygens (including phenoxy) is 3. The Hall–Kier alpha value is -5.79. The summed E-state index contributed by atoms with van der Waals surface area (Å²) in [5.74, 6) is -0.0128. The number of esters is 1. The Morgan fingerprint density at radius 3 is 2.28 bits per heavy atom. The van der Waals surface area contributed by atoms with Crippen LogP contribution in [0.3, 0.4) is 0 Å². The van der Waals surface area contributed by atoms with Crippen molar-refractivity contribution in [3.8, 4) is 28.3 Å². The van der Waals surface area contributed by atoms with E-state index in [0.717, 1.165) is 40.7 Å². The highest BCUT2D eigenvalue weighted by Crippen LogP contribution is 2.34. The Balaban J connectivity index is 1.32. The summed E-state index contributed by atoms with van der Waals surface area (Å²) in [6, 6.07) is 17.0. The second-order valence-corrected chi connectivity index (χ2v) is 14.2. The Morgan fingerprint density at radius 1 is 0.925 bits per heavy atom. The molecule has 4 aromatic rings. The fourth-order valence-electron chi connectivity index (χ4n) is 6.42. The first kappa shape index (κ1) is 38.4. The van der Waals surface area contributed by atoms with Crippen molar-refractivity contribution >= 4 is 29.6 Å². The predicted molar refractivity (Wildman–Crippen MR) is 198 cm³/mol. The number of nitrogens with zero attached hydrogens (tertiary/aromatic N) is 3. The van der Waals surface area contributed by atoms with Gasteiger partial charge in [0, 0.05) is 35.7 Å². The maximum atomic E-state index is 13.9. The van der Waals surface area contributed by atoms with Crippen molar-refractivity contribution in [3.63, 3.8) is 0 Å². The van der Waals surface area contributed by atoms with E-state index in [0.29, 0.717) is 42.2 Å². The van der Waals surface area contributed by atoms with Gasteiger partial charge in [-0.2, -0.15) is 5.21 Å². The van der Waals surface area contributed by atoms with E-state index in [1.54, 1.807) is 43.5 Å². The molecule has 1 fully saturated rings. The quantitative estimate of drug-likeness (QED) is 0.133. The van der Waals surface area contributed by atoms with E-state index in [1.807, 2.05) is 52.0 Å². The van der Waals surface area contributed by atoms with Crippen LogP contribution in [-0.4, -0.2) is 76.9 Å². The smallest absolute Gasteiger partial charge is 0.407 e. The zero-order valence-electron chi connectivity index (χ0n) is 30.9. The number of tetrazole rings is 1. The molecule has 14 heteroatoms. The van der Waals surface area contributed by atoms with Crippen LogP contribution in [0.1, 0.15) is 67.9 Å². The number of hydrogen-bond donors (Lipinski definition) is 4. The lowest BCUT2D eigenvalue weighted by Gasteiger charge is -2.29. The molecule has 1 heterocycles. The van der Waals surface area contributed by atoms with E-state index in [1.165, 1.54) is 7.11 Å². The van der Waals surface area contributed by atoms with E-state index in [-0.39, 0.29) is 30.1 Å². The molecule has 1 saturated carbocycles. The number of aromatic amines is 1. The van der Waals surface area contributed by atoms with E-state index in [4.69, 9.17) is 14.2 Å². The summed E-state index contributed by atoms with van der Waals surface area (Å²) in [7, 11) is 2.92. The number of nitrogens with one attached hydrogen (secondary N) is 4. The summed E-state index contributed by atoms with van der Waals surface area (Å²) in [5.41, 5.74) is 4.37. The number of H-pyrrole nitrogens is 1. The summed E-state index contributed by atoms with van der Waals surface area (Å²) < 4.78 is 15.9. The number of methoxy groups -OCH3 is 2. The lowest BCUT2D eigenvalue weighted by molar-refractivity contribution is -0.130. The minimum absolute atomic E-state index is 0.195. The first-order valence-electron chi connectivity index (χ1n) is 17.6. The molecule has 0 aliphatic heterocycles. The standard InChI is InChI=1S/C39H47N7O7/c1-23-19-28(37(49)52-6)14-17-30(23)31-20-25(9-18-33(31)51-5)21-32(36(48)41-29-15-12-26(13-16-29)34-43-45-46-44-34)42-35(47)27-10-7-24(8-11-27)22-40-38(50)53-39(2,3)4/h9,12-20,24,27,32H,7-8,10-11,21-22H2,1-6H3,(H,40,50)(H,41,48)(H,42,47)(H,43,44,45,46). The van der Waals surface area contributed by atoms with Crippen LogP contribution < -0.4 is 20.7 Å². The van der Waals surface area contributed by atoms with Crippen LogP contribution >= 0.6 is 0 Å². The molecule has 0 saturated heterocycles. The SMILES string of the molecule is COC(=O)c1ccc(-c2cc(CC(NC(=O)C3CCC(CNC(=O)OC(C)(C)C)CC3)C(=O)Nc3ccc(-c4nn[nH]n4)cc3)ccc2OC)c(C)c1. The fourth-order valence-corrected chi connectivity index (χ4v) is 6.42. The number of hydrogen-bond acceptors (Lipinski definition) is 10. The van der Waals surface area contributed by atoms with Gasteiger partial charge in [0.05, 0.1) is 19.8 Å². The zero-order valence-corrected chi connectivity index (χ0v) is 30.9. The summed E-state index contributed by atoms with van der Waals surface area (Å²) in [4.78, 5) is 52.0. The molecular weight excluding hydrogens is 678 g/mol. The van der Waals surface area contributed by atoms with Crippen LogP contribution in [0.2, 0.25) is 0 Å². The van der Waals surface area contributed by atoms with E-state index in [2.05, 4.69) is 36.6 Å². The molecule has 0 bridgehead atoms. The van der Waals surface area contributed by atoms with Gasteiger partial charge in [0.15, 0.2) is 0 Å². The average molecular weight is 726 g/mol. The monoisotopic (exact) mass is 725 g/mol. The first-order valence-corrected chi connectivity index (χ1v) is 17.6. The van der Waals surface area contributed by atoms with Gasteiger partial charge in [0.2, 0.25) is 17.6 Å². The predicted octanol–water partition coefficient (Wildman–Crippen LogP) is 5.63. The third-order valence-corrected chi connectivity index (χ3v) is 9.18. The van der Waals surface area contributed by atoms with Crippen molar-refractivity contribution in [2.24, 2.45) is 11.8 Å². The average Bonchev–Trinajstić information content (AvgIpc) is 3.68. The molecule has 0 spiro atoms. The third-order valence-electron chi connectivity index (χ3n) is 9.18. The first-order chi connectivity index (χ1) is 25.3. The highest BCUT2D eigenvalue weighted by atomic mass is 16.6. The molecule has 5 rings (SSSR count). The molecule has 53 heavy (non-hydrogen) atoms. The lowest BCUT2D eigenvalue weighted by Crippen LogP contribution is -2.48. The number of carbonyl (C=O) groups is 4. The highest BCUT2D eigenvalue weighted by molar-refractivity contribution is 5.98. The van der Waals surface area contributed by atoms with Gasteiger partial charge in [0.1, 0.15) is 17.4 Å². The minimum atomic E-state index is -0.907. The maximum Gasteiger partial charge on any atom is 0.407 e. The molecule has 0 radical (unpaired) electrons. The van der Waals surface area contributed by atoms with Crippen LogP contribution in [0.25, 0.3) is 22.5 Å². The van der Waals surface area contributed by atoms with Crippen LogP contribution in [0, 0.1) is 18.8 Å². The number of amides is 3. The van der Waals surface area contributed by atoms with Gasteiger partial charge in [-0.15, -0.1) is 10.2 Å². The molecule has 4 N–H and O–H groups in total. The number of carbonyl (C=O) groups excluding carboxylic acids is 4. The van der Waals surface area contributed by atoms with Crippen LogP contribution in [-0.2, 0) is 25.5 Å². The molecule has 3 amide bonds. The number of aryl methyl sites for hydroxylation is 1. The fraction of sp³-hybridized carbons (Fsp3) is 0.410. The molecular formula is C39H47N7O7. The molecule has 1 aliphatic carbocycles. The molecule has 1 aromatic heterocycles. The van der Waals surface area contributed by atoms with Crippen molar-refractivity contribution in [2.75, 3.05) is 26.1 Å². The zero-order chi connectivity index (χ0) is 38.1. The Labute approximate surface area is 308 Å². The van der Waals surface area contributed by atoms with Crippen molar-refractivity contribution in [1.82, 2.24) is 31.3 Å². The number of rotatable bonds is 12. The summed E-state index contributed by atoms with van der Waals surface area (Å²) in [6.45, 7) is 7.83. The van der Waals surface area contributed by atoms with Crippen molar-refractivity contribution in [2.45, 2.75) is 71.4 Å². The van der Waals surface area contributed by atoms with Crippen molar-refractivity contribution in [3.05, 3.63) is 77.4 Å². The summed E-state index contributed by atoms with van der Waals surface area (Å²) >= 11 is 0. The molecule has 3 aromatic carbocycles. The maximum absolute atomic E-state index is 13.9. The van der Waals surface area contributed by atoms with Crippen LogP contribution in [0.5, 0.6) is 5.75 Å².